The molecule has 2 aliphatic rings. The van der Waals surface area contributed by atoms with Crippen LogP contribution in [0.3, 0.4) is 0 Å². The molecule has 1 amide bonds. The summed E-state index contributed by atoms with van der Waals surface area (Å²) < 4.78 is 41.4. The number of carbonyl (C=O) groups excluding carboxylic acids is 1. The van der Waals surface area contributed by atoms with Gasteiger partial charge in [-0.1, -0.05) is 11.6 Å². The molecule has 172 valence electrons. The Balaban J connectivity index is 1.45. The second-order valence-corrected chi connectivity index (χ2v) is 8.61. The van der Waals surface area contributed by atoms with Gasteiger partial charge in [-0.25, -0.2) is 9.37 Å². The van der Waals surface area contributed by atoms with E-state index in [-0.39, 0.29) is 24.8 Å². The first-order valence-corrected chi connectivity index (χ1v) is 10.9. The summed E-state index contributed by atoms with van der Waals surface area (Å²) in [5.41, 5.74) is 1.39. The second-order valence-electron chi connectivity index (χ2n) is 8.17. The third-order valence-corrected chi connectivity index (χ3v) is 6.36. The third kappa shape index (κ3) is 4.15. The van der Waals surface area contributed by atoms with Crippen LogP contribution in [0.4, 0.5) is 19.0 Å². The van der Waals surface area contributed by atoms with E-state index in [1.54, 1.807) is 18.2 Å². The molecule has 0 aliphatic carbocycles. The van der Waals surface area contributed by atoms with Crippen molar-refractivity contribution in [1.82, 2.24) is 24.6 Å². The van der Waals surface area contributed by atoms with E-state index in [0.29, 0.717) is 29.5 Å². The average molecular weight is 477 g/mol. The van der Waals surface area contributed by atoms with Crippen molar-refractivity contribution in [3.63, 3.8) is 0 Å². The minimum absolute atomic E-state index is 0.0105. The van der Waals surface area contributed by atoms with Crippen molar-refractivity contribution in [3.05, 3.63) is 64.6 Å². The van der Waals surface area contributed by atoms with Gasteiger partial charge in [0.1, 0.15) is 17.5 Å². The van der Waals surface area contributed by atoms with Crippen LogP contribution < -0.4 is 4.90 Å². The van der Waals surface area contributed by atoms with E-state index in [0.717, 1.165) is 35.1 Å². The van der Waals surface area contributed by atoms with Crippen molar-refractivity contribution in [3.8, 4) is 5.69 Å². The number of alkyl halides is 2. The van der Waals surface area contributed by atoms with Gasteiger partial charge in [-0.2, -0.15) is 8.78 Å². The molecule has 11 heteroatoms. The van der Waals surface area contributed by atoms with E-state index in [9.17, 15) is 18.0 Å². The van der Waals surface area contributed by atoms with Gasteiger partial charge in [-0.05, 0) is 48.7 Å². The van der Waals surface area contributed by atoms with Crippen LogP contribution >= 0.6 is 11.6 Å². The molecule has 0 radical (unpaired) electrons. The van der Waals surface area contributed by atoms with E-state index >= 15 is 0 Å². The van der Waals surface area contributed by atoms with Gasteiger partial charge in [0.2, 0.25) is 0 Å². The fraction of sp³-hybridized carbons (Fsp3) is 0.364. The van der Waals surface area contributed by atoms with Crippen molar-refractivity contribution in [2.75, 3.05) is 18.0 Å². The molecule has 0 N–H and O–H groups in total. The Morgan fingerprint density at radius 1 is 1.09 bits per heavy atom. The molecule has 1 fully saturated rings. The molecule has 0 saturated carbocycles. The fourth-order valence-electron chi connectivity index (χ4n) is 4.51. The maximum atomic E-state index is 13.2. The number of amides is 1. The summed E-state index contributed by atoms with van der Waals surface area (Å²) in [6.07, 6.45) is -0.376. The molecule has 0 atom stereocenters. The molecule has 1 aromatic carbocycles. The molecule has 3 aromatic rings. The van der Waals surface area contributed by atoms with Crippen LogP contribution in [0.15, 0.2) is 36.5 Å². The molecule has 7 nitrogen and oxygen atoms in total. The number of nitrogens with zero attached hydrogens (tertiary/aromatic N) is 6. The molecule has 0 spiro atoms. The SMILES string of the molecule is O=C(C(F)F)N1Cc2cc(Cl)ccc2-n2c(nnc2C2CCN(c3ccc(F)cn3)CC2)C1. The van der Waals surface area contributed by atoms with Gasteiger partial charge in [0.25, 0.3) is 5.91 Å². The van der Waals surface area contributed by atoms with E-state index in [1.807, 2.05) is 10.6 Å². The van der Waals surface area contributed by atoms with Crippen molar-refractivity contribution in [2.45, 2.75) is 38.3 Å². The van der Waals surface area contributed by atoms with Crippen LogP contribution in [-0.2, 0) is 17.9 Å². The number of hydrogen-bond donors (Lipinski definition) is 0. The Hall–Kier alpha value is -3.14. The average Bonchev–Trinajstić information content (AvgIpc) is 3.15. The zero-order valence-corrected chi connectivity index (χ0v) is 18.2. The Morgan fingerprint density at radius 3 is 2.58 bits per heavy atom. The zero-order valence-electron chi connectivity index (χ0n) is 17.5. The smallest absolute Gasteiger partial charge is 0.315 e. The Morgan fingerprint density at radius 2 is 1.88 bits per heavy atom. The molecule has 5 rings (SSSR count). The lowest BCUT2D eigenvalue weighted by Gasteiger charge is -2.32. The van der Waals surface area contributed by atoms with Gasteiger partial charge in [-0.15, -0.1) is 10.2 Å². The number of rotatable bonds is 3. The summed E-state index contributed by atoms with van der Waals surface area (Å²) in [5.74, 6) is 0.325. The number of carbonyl (C=O) groups is 1. The standard InChI is InChI=1S/C22H20ClF3N6O/c23-15-1-3-17-14(9-15)11-31(22(33)20(25)26)12-19-28-29-21(32(17)19)13-5-7-30(8-6-13)18-4-2-16(24)10-27-18/h1-4,9-10,13,20H,5-8,11-12H2. The molecule has 2 aromatic heterocycles. The lowest BCUT2D eigenvalue weighted by molar-refractivity contribution is -0.144. The highest BCUT2D eigenvalue weighted by Gasteiger charge is 2.33. The number of halogens is 4. The van der Waals surface area contributed by atoms with E-state index in [1.165, 1.54) is 12.3 Å². The fourth-order valence-corrected chi connectivity index (χ4v) is 4.70. The lowest BCUT2D eigenvalue weighted by Crippen LogP contribution is -2.34. The summed E-state index contributed by atoms with van der Waals surface area (Å²) in [6.45, 7) is 1.35. The quantitative estimate of drug-likeness (QED) is 0.572. The van der Waals surface area contributed by atoms with Gasteiger partial charge in [0.05, 0.1) is 18.4 Å². The molecule has 1 saturated heterocycles. The lowest BCUT2D eigenvalue weighted by atomic mass is 9.95. The van der Waals surface area contributed by atoms with Gasteiger partial charge in [0, 0.05) is 30.6 Å². The number of piperidine rings is 1. The monoisotopic (exact) mass is 476 g/mol. The second kappa shape index (κ2) is 8.66. The summed E-state index contributed by atoms with van der Waals surface area (Å²) in [4.78, 5) is 19.4. The highest BCUT2D eigenvalue weighted by atomic mass is 35.5. The number of benzene rings is 1. The predicted octanol–water partition coefficient (Wildman–Crippen LogP) is 3.95. The zero-order chi connectivity index (χ0) is 23.1. The van der Waals surface area contributed by atoms with Crippen LogP contribution in [0.1, 0.15) is 36.0 Å². The number of fused-ring (bicyclic) bond motifs is 3. The van der Waals surface area contributed by atoms with Crippen LogP contribution in [0.25, 0.3) is 5.69 Å². The Bertz CT molecular complexity index is 1180. The largest absolute Gasteiger partial charge is 0.357 e. The number of aromatic nitrogens is 4. The predicted molar refractivity (Wildman–Crippen MR) is 115 cm³/mol. The molecule has 33 heavy (non-hydrogen) atoms. The topological polar surface area (TPSA) is 67.2 Å². The Labute approximate surface area is 192 Å². The molecule has 0 bridgehead atoms. The molecule has 2 aliphatic heterocycles. The number of pyridine rings is 1. The van der Waals surface area contributed by atoms with Crippen LogP contribution in [0.5, 0.6) is 0 Å². The number of anilines is 1. The number of hydrogen-bond acceptors (Lipinski definition) is 5. The maximum Gasteiger partial charge on any atom is 0.315 e. The minimum atomic E-state index is -3.11. The van der Waals surface area contributed by atoms with Crippen LogP contribution in [-0.4, -0.2) is 50.1 Å². The summed E-state index contributed by atoms with van der Waals surface area (Å²) in [6, 6.07) is 8.27. The van der Waals surface area contributed by atoms with Crippen molar-refractivity contribution < 1.29 is 18.0 Å². The molecular formula is C22H20ClF3N6O. The molecular weight excluding hydrogens is 457 g/mol. The Kier molecular flexibility index (Phi) is 5.69. The van der Waals surface area contributed by atoms with Crippen molar-refractivity contribution in [2.24, 2.45) is 0 Å². The first kappa shape index (κ1) is 21.7. The van der Waals surface area contributed by atoms with Crippen LogP contribution in [0, 0.1) is 5.82 Å². The minimum Gasteiger partial charge on any atom is -0.357 e. The van der Waals surface area contributed by atoms with Gasteiger partial charge < -0.3 is 9.80 Å². The normalized spacial score (nSPS) is 16.5. The highest BCUT2D eigenvalue weighted by molar-refractivity contribution is 6.30. The summed E-state index contributed by atoms with van der Waals surface area (Å²) in [7, 11) is 0. The molecule has 0 unspecified atom stereocenters. The van der Waals surface area contributed by atoms with Crippen LogP contribution in [0.2, 0.25) is 5.02 Å². The first-order valence-electron chi connectivity index (χ1n) is 10.6. The van der Waals surface area contributed by atoms with E-state index in [2.05, 4.69) is 20.1 Å². The van der Waals surface area contributed by atoms with Crippen molar-refractivity contribution >= 4 is 23.3 Å². The summed E-state index contributed by atoms with van der Waals surface area (Å²) in [5, 5.41) is 9.12. The molecule has 4 heterocycles. The van der Waals surface area contributed by atoms with Crippen molar-refractivity contribution in [1.29, 1.82) is 0 Å². The highest BCUT2D eigenvalue weighted by Crippen LogP contribution is 2.34. The first-order chi connectivity index (χ1) is 15.9. The van der Waals surface area contributed by atoms with E-state index < -0.39 is 12.3 Å². The van der Waals surface area contributed by atoms with E-state index in [4.69, 9.17) is 11.6 Å². The van der Waals surface area contributed by atoms with Gasteiger partial charge >= 0.3 is 6.43 Å². The third-order valence-electron chi connectivity index (χ3n) is 6.13. The summed E-state index contributed by atoms with van der Waals surface area (Å²) >= 11 is 6.17. The van der Waals surface area contributed by atoms with Gasteiger partial charge in [-0.3, -0.25) is 9.36 Å². The van der Waals surface area contributed by atoms with Gasteiger partial charge in [0.15, 0.2) is 5.82 Å². The maximum absolute atomic E-state index is 13.2.